The Bertz CT molecular complexity index is 4920. The number of thioether (sulfide) groups is 1. The second-order valence-corrected chi connectivity index (χ2v) is 42.6. The number of benzene rings is 10. The van der Waals surface area contributed by atoms with Crippen molar-refractivity contribution in [3.05, 3.63) is 340 Å². The van der Waals surface area contributed by atoms with E-state index < -0.39 is 11.3 Å². The summed E-state index contributed by atoms with van der Waals surface area (Å²) in [6, 6.07) is 77.1. The maximum absolute atomic E-state index is 12.9. The first-order chi connectivity index (χ1) is 63.7. The van der Waals surface area contributed by atoms with Gasteiger partial charge in [-0.15, -0.1) is 11.8 Å². The maximum Gasteiger partial charge on any atom is 0.306 e. The van der Waals surface area contributed by atoms with Crippen molar-refractivity contribution in [3.63, 3.8) is 0 Å². The second-order valence-electron chi connectivity index (χ2n) is 40.9. The number of carbonyl (C=O) groups is 2. The number of likely N-dealkylation sites (tertiary alicyclic amines) is 1. The Kier molecular flexibility index (Phi) is 61.3. The molecule has 1 saturated heterocycles. The van der Waals surface area contributed by atoms with E-state index in [1.54, 1.807) is 43.0 Å². The van der Waals surface area contributed by atoms with Gasteiger partial charge in [0.1, 0.15) is 16.6 Å². The Balaban J connectivity index is 0.000000750. The summed E-state index contributed by atoms with van der Waals surface area (Å²) in [6.45, 7) is 69.9. The Labute approximate surface area is 840 Å². The third kappa shape index (κ3) is 52.7. The summed E-state index contributed by atoms with van der Waals surface area (Å²) in [5, 5.41) is 11.6. The van der Waals surface area contributed by atoms with Gasteiger partial charge in [-0.3, -0.25) is 19.7 Å². The van der Waals surface area contributed by atoms with Crippen LogP contribution in [0.15, 0.2) is 235 Å². The van der Waals surface area contributed by atoms with Gasteiger partial charge >= 0.3 is 5.97 Å². The van der Waals surface area contributed by atoms with Crippen molar-refractivity contribution in [1.82, 2.24) is 4.90 Å². The highest BCUT2D eigenvalue weighted by atomic mass is 35.5. The first-order valence-electron chi connectivity index (χ1n) is 49.6. The summed E-state index contributed by atoms with van der Waals surface area (Å²) in [5.74, 6) is 6.87. The van der Waals surface area contributed by atoms with E-state index in [9.17, 15) is 28.5 Å². The zero-order valence-corrected chi connectivity index (χ0v) is 92.7. The zero-order chi connectivity index (χ0) is 103. The first-order valence-corrected chi connectivity index (χ1v) is 51.6. The minimum Gasteiger partial charge on any atom is -0.469 e. The number of rotatable bonds is 26. The highest BCUT2D eigenvalue weighted by Gasteiger charge is 2.25. The predicted octanol–water partition coefficient (Wildman–Crippen LogP) is 37.0. The van der Waals surface area contributed by atoms with E-state index in [4.69, 9.17) is 32.7 Å². The number of nitro groups is 1. The molecule has 0 saturated carbocycles. The number of ketones is 1. The number of anilines is 1. The molecule has 1 aliphatic heterocycles. The van der Waals surface area contributed by atoms with Crippen LogP contribution in [0.3, 0.4) is 0 Å². The van der Waals surface area contributed by atoms with Crippen LogP contribution in [0.25, 0.3) is 0 Å². The fourth-order valence-electron chi connectivity index (χ4n) is 13.9. The number of alkyl halides is 1. The number of ether oxygens (including phenoxy) is 2. The van der Waals surface area contributed by atoms with E-state index in [0.717, 1.165) is 51.1 Å². The van der Waals surface area contributed by atoms with E-state index in [2.05, 4.69) is 350 Å². The lowest BCUT2D eigenvalue weighted by Gasteiger charge is -2.26. The zero-order valence-electron chi connectivity index (χ0n) is 90.4. The number of Topliss-reactive ketones (excluding diaryl/α,β-unsaturated/α-hetero) is 1. The summed E-state index contributed by atoms with van der Waals surface area (Å²) >= 11 is 13.3. The number of halogens is 4. The molecule has 1 atom stereocenters. The standard InChI is InChI=1S/C15H22O2.C14H22.C11H15FO.C11H17N.C11H14O.C11H16.C10H13Cl.C10H13F.C10H21N.C10H14S.C9H10ClNO2/c1-11(2)12-6-8-13(9-7-12)15(3,4)10-14(16)17-5;1-6-14(4,5)13-9-7-12(8-10-13)11(2)3;1-8(2)10-5-4-6-11(7-10)13-9(3)12;1-9(2)10-5-7-11(8-6-10)12(3)4;1-8(2)10-5-4-6-11(7-10)9(3)12;1-9(2)7-11-6-4-5-10(3)8-11;1-7(2)9-4-5-10(11)8(3)6-9;1-8(2)7-9-5-3-4-6-10(9)11;1-10(2)6-9-11-7-4-3-5-8-11;1-8(2)9-5-4-6-10(7-9)11-3;1-6(2)7-3-4-8(10)9(5-7)11(12)13/h6-9,11H,10H2,1-5H3;7-11H,6H2,1-5H3;4-9H,1-3H3;5-9H,1-4H3;4-8H,1-3H3;4-6,8-9H,7H2,1-3H3;4-7H,1-3H3;3-6,8H,7H2,1-2H3;10H,3-9H2,1-2H3;4-8H,1-3H3;3-6H,1-2H3. The Hall–Kier alpha value is -8.91. The largest absolute Gasteiger partial charge is 0.469 e. The molecule has 0 bridgehead atoms. The normalized spacial score (nSPS) is 11.9. The molecule has 10 aromatic carbocycles. The molecule has 0 radical (unpaired) electrons. The lowest BCUT2D eigenvalue weighted by Crippen LogP contribution is -2.31. The minimum atomic E-state index is -1.25. The molecular formula is C122H177Cl2F2N3O6S. The van der Waals surface area contributed by atoms with Gasteiger partial charge < -0.3 is 19.3 Å². The van der Waals surface area contributed by atoms with Crippen LogP contribution >= 0.6 is 35.0 Å². The molecule has 0 aromatic heterocycles. The summed E-state index contributed by atoms with van der Waals surface area (Å²) in [7, 11) is 5.55. The monoisotopic (exact) mass is 1920 g/mol. The highest BCUT2D eigenvalue weighted by Crippen LogP contribution is 2.33. The summed E-state index contributed by atoms with van der Waals surface area (Å²) in [5.41, 5.74) is 19.9. The number of nitro benzene ring substituents is 1. The number of piperidine rings is 1. The van der Waals surface area contributed by atoms with Crippen LogP contribution in [-0.4, -0.2) is 75.0 Å². The maximum atomic E-state index is 12.9. The Morgan fingerprint density at radius 3 is 1.33 bits per heavy atom. The van der Waals surface area contributed by atoms with Crippen molar-refractivity contribution >= 4 is 58.1 Å². The molecule has 0 aliphatic carbocycles. The molecular weight excluding hydrogens is 1740 g/mol. The average Bonchev–Trinajstić information content (AvgIpc) is 0.807. The van der Waals surface area contributed by atoms with Crippen LogP contribution < -0.4 is 9.64 Å². The number of carbonyl (C=O) groups excluding carboxylic acids is 2. The van der Waals surface area contributed by atoms with E-state index >= 15 is 0 Å². The molecule has 1 heterocycles. The van der Waals surface area contributed by atoms with Crippen molar-refractivity contribution in [2.45, 2.75) is 335 Å². The van der Waals surface area contributed by atoms with Gasteiger partial charge in [-0.25, -0.2) is 8.78 Å². The molecule has 0 spiro atoms. The van der Waals surface area contributed by atoms with Crippen molar-refractivity contribution in [2.24, 2.45) is 17.8 Å². The number of methoxy groups -OCH3 is 1. The molecule has 1 fully saturated rings. The summed E-state index contributed by atoms with van der Waals surface area (Å²) < 4.78 is 35.1. The Morgan fingerprint density at radius 2 is 0.912 bits per heavy atom. The lowest BCUT2D eigenvalue weighted by atomic mass is 9.81. The molecule has 750 valence electrons. The van der Waals surface area contributed by atoms with E-state index in [0.29, 0.717) is 64.9 Å². The first kappa shape index (κ1) is 125. The van der Waals surface area contributed by atoms with Crippen LogP contribution in [0.2, 0.25) is 10.0 Å². The van der Waals surface area contributed by atoms with Crippen molar-refractivity contribution in [2.75, 3.05) is 52.0 Å². The second kappa shape index (κ2) is 66.6. The summed E-state index contributed by atoms with van der Waals surface area (Å²) in [6.07, 6.45) is 10.2. The molecule has 10 aromatic rings. The number of hydrogen-bond acceptors (Lipinski definition) is 9. The molecule has 0 N–H and O–H groups in total. The quantitative estimate of drug-likeness (QED) is 0.0172. The van der Waals surface area contributed by atoms with Gasteiger partial charge in [0.2, 0.25) is 6.36 Å². The smallest absolute Gasteiger partial charge is 0.306 e. The number of hydrogen-bond donors (Lipinski definition) is 0. The molecule has 1 unspecified atom stereocenters. The van der Waals surface area contributed by atoms with Crippen molar-refractivity contribution in [1.29, 1.82) is 0 Å². The topological polar surface area (TPSA) is 102 Å². The van der Waals surface area contributed by atoms with Crippen molar-refractivity contribution in [3.8, 4) is 5.75 Å². The fourth-order valence-corrected chi connectivity index (χ4v) is 14.7. The van der Waals surface area contributed by atoms with Crippen LogP contribution in [0.5, 0.6) is 5.75 Å². The van der Waals surface area contributed by atoms with Gasteiger partial charge in [0.15, 0.2) is 5.78 Å². The average molecular weight is 1920 g/mol. The molecule has 9 nitrogen and oxygen atoms in total. The van der Waals surface area contributed by atoms with Crippen LogP contribution in [0.1, 0.15) is 375 Å². The van der Waals surface area contributed by atoms with Crippen LogP contribution in [-0.2, 0) is 33.2 Å². The molecule has 136 heavy (non-hydrogen) atoms. The highest BCUT2D eigenvalue weighted by molar-refractivity contribution is 7.98. The summed E-state index contributed by atoms with van der Waals surface area (Å²) in [4.78, 5) is 38.5. The van der Waals surface area contributed by atoms with E-state index in [1.165, 1.54) is 151 Å². The van der Waals surface area contributed by atoms with Gasteiger partial charge in [0, 0.05) is 53.7 Å². The number of nitrogens with zero attached hydrogens (tertiary/aromatic N) is 3. The lowest BCUT2D eigenvalue weighted by molar-refractivity contribution is -0.384. The number of aryl methyl sites for hydroxylation is 2. The van der Waals surface area contributed by atoms with E-state index in [1.807, 2.05) is 75.4 Å². The molecule has 11 rings (SSSR count). The molecule has 0 amide bonds. The van der Waals surface area contributed by atoms with Crippen molar-refractivity contribution < 1.29 is 32.8 Å². The Morgan fingerprint density at radius 1 is 0.485 bits per heavy atom. The van der Waals surface area contributed by atoms with Gasteiger partial charge in [-0.2, -0.15) is 0 Å². The fraction of sp³-hybridized carbons (Fsp3) is 0.492. The van der Waals surface area contributed by atoms with Gasteiger partial charge in [0.05, 0.1) is 18.5 Å². The molecule has 1 aliphatic rings. The third-order valence-corrected chi connectivity index (χ3v) is 25.0. The van der Waals surface area contributed by atoms with Gasteiger partial charge in [-0.05, 0) is 289 Å². The van der Waals surface area contributed by atoms with Gasteiger partial charge in [-0.1, -0.05) is 386 Å². The SMILES string of the molecule is CC(=O)c1cccc(C(C)C)c1.CC(C)CCN1CCCCC1.CC(C)Cc1ccccc1F.CC(C)c1ccc(Cl)c([N+](=O)[O-])c1.CC(C)c1ccc(N(C)C)cc1.CC(F)Oc1cccc(C(C)C)c1.CCC(C)(C)c1ccc(C(C)C)cc1.COC(=O)CC(C)(C)c1ccc(C(C)C)cc1.CSc1cccc(C(C)C)c1.Cc1cc(C(C)C)ccc1Cl.Cc1cccc(CC(C)C)c1. The van der Waals surface area contributed by atoms with Crippen LogP contribution in [0, 0.1) is 47.5 Å². The van der Waals surface area contributed by atoms with Gasteiger partial charge in [0.25, 0.3) is 5.69 Å². The molecule has 14 heteroatoms. The van der Waals surface area contributed by atoms with E-state index in [-0.39, 0.29) is 39.6 Å². The predicted molar refractivity (Wildman–Crippen MR) is 590 cm³/mol. The number of esters is 1. The minimum absolute atomic E-state index is 0.0205. The third-order valence-electron chi connectivity index (χ3n) is 23.5. The van der Waals surface area contributed by atoms with Crippen LogP contribution in [0.4, 0.5) is 20.2 Å².